The van der Waals surface area contributed by atoms with Crippen LogP contribution in [0.25, 0.3) is 0 Å². The zero-order chi connectivity index (χ0) is 29.7. The first-order chi connectivity index (χ1) is 19.3. The van der Waals surface area contributed by atoms with Gasteiger partial charge in [0.25, 0.3) is 0 Å². The second-order valence-corrected chi connectivity index (χ2v) is 10.4. The fourth-order valence-electron chi connectivity index (χ4n) is 5.19. The first-order valence-electron chi connectivity index (χ1n) is 13.2. The van der Waals surface area contributed by atoms with Crippen molar-refractivity contribution in [3.63, 3.8) is 0 Å². The van der Waals surface area contributed by atoms with Gasteiger partial charge in [0.15, 0.2) is 0 Å². The molecule has 2 amide bonds. The molecule has 1 aliphatic heterocycles. The number of carbonyl (C=O) groups is 2. The van der Waals surface area contributed by atoms with Crippen molar-refractivity contribution in [3.8, 4) is 0 Å². The van der Waals surface area contributed by atoms with Crippen LogP contribution in [-0.2, 0) is 39.8 Å². The van der Waals surface area contributed by atoms with Crippen LogP contribution in [-0.4, -0.2) is 42.8 Å². The molecule has 1 aliphatic carbocycles. The van der Waals surface area contributed by atoms with Gasteiger partial charge in [-0.1, -0.05) is 30.3 Å². The molecule has 224 valence electrons. The van der Waals surface area contributed by atoms with Gasteiger partial charge in [0.05, 0.1) is 11.1 Å². The number of nitrogens with one attached hydrogen (secondary N) is 3. The second-order valence-electron chi connectivity index (χ2n) is 10.4. The van der Waals surface area contributed by atoms with Crippen molar-refractivity contribution in [2.75, 3.05) is 13.2 Å². The topological polar surface area (TPSA) is 88.7 Å². The van der Waals surface area contributed by atoms with Crippen LogP contribution in [0.3, 0.4) is 0 Å². The Morgan fingerprint density at radius 1 is 0.878 bits per heavy atom. The van der Waals surface area contributed by atoms with E-state index in [-0.39, 0.29) is 43.2 Å². The maximum absolute atomic E-state index is 13.5. The van der Waals surface area contributed by atoms with E-state index >= 15 is 0 Å². The van der Waals surface area contributed by atoms with E-state index in [0.29, 0.717) is 31.8 Å². The SMILES string of the molecule is O=C(N[C@]1(C(=O)NCc2cc(C(F)(F)F)cc(C(F)(F)F)c2)CC[C@@H](NC2CCOCC2)C1)OCc1ccccc1. The zero-order valence-corrected chi connectivity index (χ0v) is 22.0. The lowest BCUT2D eigenvalue weighted by Crippen LogP contribution is -2.58. The molecule has 0 unspecified atom stereocenters. The molecule has 4 rings (SSSR count). The first kappa shape index (κ1) is 30.6. The monoisotopic (exact) mass is 587 g/mol. The molecule has 1 saturated carbocycles. The standard InChI is InChI=1S/C28H31F6N3O4/c29-27(30,31)20-12-19(13-21(14-20)28(32,33)34)16-35-24(38)26(37-25(39)41-17-18-4-2-1-3-5-18)9-6-23(15-26)36-22-7-10-40-11-8-22/h1-5,12-14,22-23,36H,6-11,15-17H2,(H,35,38)(H,37,39)/t23-,26-/m1/s1. The summed E-state index contributed by atoms with van der Waals surface area (Å²) in [6.45, 7) is 0.527. The molecule has 0 radical (unpaired) electrons. The number of ether oxygens (including phenoxy) is 2. The molecule has 2 aromatic rings. The molecule has 7 nitrogen and oxygen atoms in total. The number of amides is 2. The van der Waals surface area contributed by atoms with Gasteiger partial charge in [-0.05, 0) is 61.4 Å². The van der Waals surface area contributed by atoms with Gasteiger partial charge in [-0.2, -0.15) is 26.3 Å². The largest absolute Gasteiger partial charge is 0.445 e. The van der Waals surface area contributed by atoms with Crippen LogP contribution in [0.2, 0.25) is 0 Å². The molecule has 0 spiro atoms. The summed E-state index contributed by atoms with van der Waals surface area (Å²) in [6, 6.07) is 10.00. The molecule has 13 heteroatoms. The zero-order valence-electron chi connectivity index (χ0n) is 22.0. The highest BCUT2D eigenvalue weighted by atomic mass is 19.4. The summed E-state index contributed by atoms with van der Waals surface area (Å²) in [4.78, 5) is 26.2. The summed E-state index contributed by atoms with van der Waals surface area (Å²) in [5.41, 5.74) is -4.09. The van der Waals surface area contributed by atoms with Crippen molar-refractivity contribution in [2.45, 2.75) is 75.2 Å². The van der Waals surface area contributed by atoms with E-state index in [2.05, 4.69) is 16.0 Å². The van der Waals surface area contributed by atoms with E-state index in [9.17, 15) is 35.9 Å². The Labute approximate surface area is 233 Å². The first-order valence-corrected chi connectivity index (χ1v) is 13.2. The highest BCUT2D eigenvalue weighted by Gasteiger charge is 2.47. The molecule has 2 aromatic carbocycles. The molecular weight excluding hydrogens is 556 g/mol. The molecule has 1 heterocycles. The van der Waals surface area contributed by atoms with Gasteiger partial charge in [0, 0.05) is 31.8 Å². The van der Waals surface area contributed by atoms with Crippen LogP contribution in [0.1, 0.15) is 54.4 Å². The smallest absolute Gasteiger partial charge is 0.416 e. The molecule has 2 aliphatic rings. The lowest BCUT2D eigenvalue weighted by molar-refractivity contribution is -0.143. The summed E-state index contributed by atoms with van der Waals surface area (Å²) in [5.74, 6) is -0.726. The normalized spacial score (nSPS) is 21.9. The summed E-state index contributed by atoms with van der Waals surface area (Å²) < 4.78 is 90.4. The van der Waals surface area contributed by atoms with E-state index in [1.165, 1.54) is 0 Å². The van der Waals surface area contributed by atoms with Gasteiger partial charge in [0.2, 0.25) is 5.91 Å². The minimum Gasteiger partial charge on any atom is -0.445 e. The van der Waals surface area contributed by atoms with Crippen molar-refractivity contribution < 1.29 is 45.4 Å². The van der Waals surface area contributed by atoms with Crippen molar-refractivity contribution in [2.24, 2.45) is 0 Å². The van der Waals surface area contributed by atoms with Gasteiger partial charge < -0.3 is 25.4 Å². The Bertz CT molecular complexity index is 1170. The molecule has 0 bridgehead atoms. The quantitative estimate of drug-likeness (QED) is 0.364. The number of alkyl halides is 6. The van der Waals surface area contributed by atoms with Crippen LogP contribution in [0.4, 0.5) is 31.1 Å². The Hall–Kier alpha value is -3.32. The molecule has 41 heavy (non-hydrogen) atoms. The number of hydrogen-bond acceptors (Lipinski definition) is 5. The van der Waals surface area contributed by atoms with E-state index < -0.39 is 47.6 Å². The minimum absolute atomic E-state index is 0.0284. The van der Waals surface area contributed by atoms with E-state index in [1.54, 1.807) is 30.3 Å². The molecule has 1 saturated heterocycles. The average molecular weight is 588 g/mol. The molecule has 0 aromatic heterocycles. The van der Waals surface area contributed by atoms with Gasteiger partial charge in [-0.15, -0.1) is 0 Å². The second kappa shape index (κ2) is 12.7. The van der Waals surface area contributed by atoms with Crippen molar-refractivity contribution in [3.05, 3.63) is 70.8 Å². The number of benzene rings is 2. The van der Waals surface area contributed by atoms with E-state index in [0.717, 1.165) is 18.4 Å². The van der Waals surface area contributed by atoms with Crippen molar-refractivity contribution in [1.82, 2.24) is 16.0 Å². The Balaban J connectivity index is 1.49. The van der Waals surface area contributed by atoms with Gasteiger partial charge >= 0.3 is 18.4 Å². The number of alkyl carbamates (subject to hydrolysis) is 1. The van der Waals surface area contributed by atoms with Crippen LogP contribution in [0.15, 0.2) is 48.5 Å². The fraction of sp³-hybridized carbons (Fsp3) is 0.500. The Morgan fingerprint density at radius 3 is 2.12 bits per heavy atom. The lowest BCUT2D eigenvalue weighted by atomic mass is 9.95. The van der Waals surface area contributed by atoms with Gasteiger partial charge in [0.1, 0.15) is 12.1 Å². The van der Waals surface area contributed by atoms with Crippen LogP contribution < -0.4 is 16.0 Å². The summed E-state index contributed by atoms with van der Waals surface area (Å²) in [5, 5.41) is 8.57. The van der Waals surface area contributed by atoms with Crippen molar-refractivity contribution >= 4 is 12.0 Å². The maximum atomic E-state index is 13.5. The highest BCUT2D eigenvalue weighted by molar-refractivity contribution is 5.90. The number of halogens is 6. The van der Waals surface area contributed by atoms with Gasteiger partial charge in [-0.25, -0.2) is 4.79 Å². The minimum atomic E-state index is -5.01. The number of rotatable bonds is 8. The summed E-state index contributed by atoms with van der Waals surface area (Å²) >= 11 is 0. The van der Waals surface area contributed by atoms with E-state index in [4.69, 9.17) is 9.47 Å². The third-order valence-corrected chi connectivity index (χ3v) is 7.30. The summed E-state index contributed by atoms with van der Waals surface area (Å²) in [7, 11) is 0. The number of hydrogen-bond donors (Lipinski definition) is 3. The highest BCUT2D eigenvalue weighted by Crippen LogP contribution is 2.37. The molecular formula is C28H31F6N3O4. The Morgan fingerprint density at radius 2 is 1.51 bits per heavy atom. The maximum Gasteiger partial charge on any atom is 0.416 e. The Kier molecular flexibility index (Phi) is 9.48. The lowest BCUT2D eigenvalue weighted by Gasteiger charge is -2.31. The molecule has 2 atom stereocenters. The average Bonchev–Trinajstić information content (AvgIpc) is 3.33. The number of carbonyl (C=O) groups excluding carboxylic acids is 2. The van der Waals surface area contributed by atoms with Crippen molar-refractivity contribution in [1.29, 1.82) is 0 Å². The third kappa shape index (κ3) is 8.35. The van der Waals surface area contributed by atoms with Crippen LogP contribution in [0.5, 0.6) is 0 Å². The summed E-state index contributed by atoms with van der Waals surface area (Å²) in [6.07, 6.45) is -8.48. The van der Waals surface area contributed by atoms with Crippen LogP contribution >= 0.6 is 0 Å². The third-order valence-electron chi connectivity index (χ3n) is 7.30. The fourth-order valence-corrected chi connectivity index (χ4v) is 5.19. The van der Waals surface area contributed by atoms with E-state index in [1.807, 2.05) is 0 Å². The predicted molar refractivity (Wildman–Crippen MR) is 135 cm³/mol. The van der Waals surface area contributed by atoms with Crippen LogP contribution in [0, 0.1) is 0 Å². The van der Waals surface area contributed by atoms with Gasteiger partial charge in [-0.3, -0.25) is 4.79 Å². The molecule has 2 fully saturated rings. The predicted octanol–water partition coefficient (Wildman–Crippen LogP) is 5.33. The molecule has 3 N–H and O–H groups in total.